The zero-order valence-electron chi connectivity index (χ0n) is 19.0. The Morgan fingerprint density at radius 3 is 2.45 bits per heavy atom. The largest absolute Gasteiger partial charge is 0.490 e. The van der Waals surface area contributed by atoms with Gasteiger partial charge in [-0.2, -0.15) is 0 Å². The quantitative estimate of drug-likeness (QED) is 0.653. The van der Waals surface area contributed by atoms with E-state index < -0.39 is 0 Å². The van der Waals surface area contributed by atoms with Crippen LogP contribution >= 0.6 is 0 Å². The second-order valence-corrected chi connectivity index (χ2v) is 8.13. The number of benzene rings is 1. The van der Waals surface area contributed by atoms with Gasteiger partial charge in [-0.05, 0) is 50.3 Å². The summed E-state index contributed by atoms with van der Waals surface area (Å²) >= 11 is 0. The fraction of sp³-hybridized carbons (Fsp3) is 0.542. The number of aromatic nitrogens is 2. The minimum absolute atomic E-state index is 0.00299. The normalized spacial score (nSPS) is 15.6. The van der Waals surface area contributed by atoms with Crippen LogP contribution in [0, 0.1) is 11.8 Å². The van der Waals surface area contributed by atoms with Crippen LogP contribution in [0.4, 0.5) is 5.82 Å². The fourth-order valence-electron chi connectivity index (χ4n) is 3.99. The highest BCUT2D eigenvalue weighted by Crippen LogP contribution is 2.33. The molecule has 1 aromatic heterocycles. The molecule has 31 heavy (non-hydrogen) atoms. The van der Waals surface area contributed by atoms with Gasteiger partial charge in [-0.1, -0.05) is 19.9 Å². The number of amides is 1. The van der Waals surface area contributed by atoms with E-state index in [0.717, 1.165) is 48.8 Å². The predicted octanol–water partition coefficient (Wildman–Crippen LogP) is 4.00. The topological polar surface area (TPSA) is 76.6 Å². The highest BCUT2D eigenvalue weighted by Gasteiger charge is 2.28. The van der Waals surface area contributed by atoms with Crippen molar-refractivity contribution in [2.75, 3.05) is 31.2 Å². The van der Waals surface area contributed by atoms with Crippen molar-refractivity contribution in [2.24, 2.45) is 11.8 Å². The van der Waals surface area contributed by atoms with Crippen LogP contribution in [0.1, 0.15) is 52.1 Å². The van der Waals surface area contributed by atoms with E-state index >= 15 is 0 Å². The molecule has 2 aromatic rings. The molecule has 1 N–H and O–H groups in total. The van der Waals surface area contributed by atoms with Crippen molar-refractivity contribution in [1.29, 1.82) is 0 Å². The number of piperidine rings is 1. The zero-order valence-corrected chi connectivity index (χ0v) is 19.0. The van der Waals surface area contributed by atoms with Gasteiger partial charge in [0, 0.05) is 31.4 Å². The van der Waals surface area contributed by atoms with Crippen molar-refractivity contribution in [3.63, 3.8) is 0 Å². The highest BCUT2D eigenvalue weighted by molar-refractivity contribution is 5.79. The summed E-state index contributed by atoms with van der Waals surface area (Å²) in [5, 5.41) is 3.30. The van der Waals surface area contributed by atoms with Crippen molar-refractivity contribution < 1.29 is 14.3 Å². The van der Waals surface area contributed by atoms with E-state index in [9.17, 15) is 4.79 Å². The van der Waals surface area contributed by atoms with Crippen LogP contribution in [0.15, 0.2) is 36.8 Å². The zero-order chi connectivity index (χ0) is 22.2. The van der Waals surface area contributed by atoms with Crippen LogP contribution < -0.4 is 19.7 Å². The molecule has 7 heteroatoms. The molecule has 0 spiro atoms. The summed E-state index contributed by atoms with van der Waals surface area (Å²) in [5.41, 5.74) is 1.03. The molecule has 1 atom stereocenters. The molecular formula is C24H34N4O3. The number of hydrogen-bond acceptors (Lipinski definition) is 6. The van der Waals surface area contributed by atoms with Gasteiger partial charge in [-0.25, -0.2) is 4.98 Å². The lowest BCUT2D eigenvalue weighted by atomic mass is 9.92. The maximum atomic E-state index is 13.1. The van der Waals surface area contributed by atoms with Crippen LogP contribution in [0.2, 0.25) is 0 Å². The maximum Gasteiger partial charge on any atom is 0.223 e. The van der Waals surface area contributed by atoms with Crippen LogP contribution in [-0.2, 0) is 4.79 Å². The van der Waals surface area contributed by atoms with E-state index in [4.69, 9.17) is 9.47 Å². The van der Waals surface area contributed by atoms with Crippen LogP contribution in [0.25, 0.3) is 0 Å². The van der Waals surface area contributed by atoms with Crippen molar-refractivity contribution >= 4 is 11.7 Å². The standard InChI is InChI=1S/C24H34N4O3/c1-5-30-20-8-7-19(15-21(20)31-6-2)23(17(3)4)27-24(29)18-9-13-28(14-10-18)22-16-25-11-12-26-22/h7-8,11-12,15-18,23H,5-6,9-10,13-14H2,1-4H3,(H,27,29). The fourth-order valence-corrected chi connectivity index (χ4v) is 3.99. The van der Waals surface area contributed by atoms with Crippen molar-refractivity contribution in [1.82, 2.24) is 15.3 Å². The van der Waals surface area contributed by atoms with Gasteiger partial charge in [-0.3, -0.25) is 9.78 Å². The lowest BCUT2D eigenvalue weighted by Gasteiger charge is -2.33. The molecule has 1 aliphatic heterocycles. The molecule has 3 rings (SSSR count). The Balaban J connectivity index is 1.66. The molecule has 1 aromatic carbocycles. The first-order valence-electron chi connectivity index (χ1n) is 11.2. The summed E-state index contributed by atoms with van der Waals surface area (Å²) < 4.78 is 11.5. The molecule has 2 heterocycles. The third-order valence-corrected chi connectivity index (χ3v) is 5.63. The average molecular weight is 427 g/mol. The molecule has 0 saturated carbocycles. The second kappa shape index (κ2) is 11.0. The van der Waals surface area contributed by atoms with Gasteiger partial charge in [0.15, 0.2) is 11.5 Å². The second-order valence-electron chi connectivity index (χ2n) is 8.13. The Hall–Kier alpha value is -2.83. The SMILES string of the molecule is CCOc1ccc(C(NC(=O)C2CCN(c3cnccn3)CC2)C(C)C)cc1OCC. The van der Waals surface area contributed by atoms with E-state index in [0.29, 0.717) is 13.2 Å². The summed E-state index contributed by atoms with van der Waals surface area (Å²) in [6.45, 7) is 10.9. The van der Waals surface area contributed by atoms with Crippen molar-refractivity contribution in [3.8, 4) is 11.5 Å². The molecular weight excluding hydrogens is 392 g/mol. The third-order valence-electron chi connectivity index (χ3n) is 5.63. The minimum Gasteiger partial charge on any atom is -0.490 e. The van der Waals surface area contributed by atoms with Gasteiger partial charge in [0.25, 0.3) is 0 Å². The van der Waals surface area contributed by atoms with Crippen molar-refractivity contribution in [2.45, 2.75) is 46.6 Å². The Kier molecular flexibility index (Phi) is 8.09. The number of rotatable bonds is 9. The number of ether oxygens (including phenoxy) is 2. The molecule has 1 amide bonds. The first-order chi connectivity index (χ1) is 15.0. The average Bonchev–Trinajstić information content (AvgIpc) is 2.79. The van der Waals surface area contributed by atoms with Gasteiger partial charge < -0.3 is 19.7 Å². The molecule has 168 valence electrons. The van der Waals surface area contributed by atoms with E-state index in [1.165, 1.54) is 0 Å². The summed E-state index contributed by atoms with van der Waals surface area (Å²) in [6.07, 6.45) is 6.76. The van der Waals surface area contributed by atoms with Gasteiger partial charge in [0.1, 0.15) is 5.82 Å². The van der Waals surface area contributed by atoms with Gasteiger partial charge >= 0.3 is 0 Å². The first-order valence-corrected chi connectivity index (χ1v) is 11.2. The number of hydrogen-bond donors (Lipinski definition) is 1. The van der Waals surface area contributed by atoms with Gasteiger partial charge in [-0.15, -0.1) is 0 Å². The Bertz CT molecular complexity index is 836. The van der Waals surface area contributed by atoms with Gasteiger partial charge in [0.2, 0.25) is 5.91 Å². The maximum absolute atomic E-state index is 13.1. The molecule has 1 aliphatic rings. The molecule has 1 unspecified atom stereocenters. The first kappa shape index (κ1) is 22.8. The Morgan fingerprint density at radius 1 is 1.13 bits per heavy atom. The minimum atomic E-state index is -0.0830. The van der Waals surface area contributed by atoms with Crippen LogP contribution in [0.5, 0.6) is 11.5 Å². The third kappa shape index (κ3) is 5.87. The summed E-state index contributed by atoms with van der Waals surface area (Å²) in [5.74, 6) is 2.69. The van der Waals surface area contributed by atoms with E-state index in [2.05, 4.69) is 34.0 Å². The lowest BCUT2D eigenvalue weighted by molar-refractivity contribution is -0.126. The number of nitrogens with one attached hydrogen (secondary N) is 1. The molecule has 0 radical (unpaired) electrons. The number of carbonyl (C=O) groups excluding carboxylic acids is 1. The van der Waals surface area contributed by atoms with Crippen LogP contribution in [-0.4, -0.2) is 42.2 Å². The van der Waals surface area contributed by atoms with Gasteiger partial charge in [0.05, 0.1) is 25.5 Å². The number of carbonyl (C=O) groups is 1. The highest BCUT2D eigenvalue weighted by atomic mass is 16.5. The summed E-state index contributed by atoms with van der Waals surface area (Å²) in [7, 11) is 0. The van der Waals surface area contributed by atoms with E-state index in [1.54, 1.807) is 18.6 Å². The molecule has 0 aliphatic carbocycles. The lowest BCUT2D eigenvalue weighted by Crippen LogP contribution is -2.42. The smallest absolute Gasteiger partial charge is 0.223 e. The molecule has 0 bridgehead atoms. The molecule has 1 fully saturated rings. The Morgan fingerprint density at radius 2 is 1.84 bits per heavy atom. The molecule has 1 saturated heterocycles. The predicted molar refractivity (Wildman–Crippen MR) is 121 cm³/mol. The summed E-state index contributed by atoms with van der Waals surface area (Å²) in [6, 6.07) is 5.87. The number of anilines is 1. The summed E-state index contributed by atoms with van der Waals surface area (Å²) in [4.78, 5) is 23.8. The molecule has 7 nitrogen and oxygen atoms in total. The Labute approximate surface area is 185 Å². The van der Waals surface area contributed by atoms with E-state index in [-0.39, 0.29) is 23.8 Å². The van der Waals surface area contributed by atoms with Crippen LogP contribution in [0.3, 0.4) is 0 Å². The van der Waals surface area contributed by atoms with E-state index in [1.807, 2.05) is 32.0 Å². The number of nitrogens with zero attached hydrogens (tertiary/aromatic N) is 3. The monoisotopic (exact) mass is 426 g/mol. The van der Waals surface area contributed by atoms with Crippen molar-refractivity contribution in [3.05, 3.63) is 42.4 Å².